The molecule has 1 N–H and O–H groups in total. The van der Waals surface area contributed by atoms with Gasteiger partial charge < -0.3 is 5.32 Å². The number of fused-ring (bicyclic) bond motifs is 1. The number of hydrogen-bond donors (Lipinski definition) is 1. The maximum absolute atomic E-state index is 12.2. The van der Waals surface area contributed by atoms with E-state index in [1.165, 1.54) is 0 Å². The van der Waals surface area contributed by atoms with Crippen LogP contribution in [-0.4, -0.2) is 20.5 Å². The number of pyridine rings is 1. The van der Waals surface area contributed by atoms with E-state index in [9.17, 15) is 4.79 Å². The Morgan fingerprint density at radius 3 is 2.76 bits per heavy atom. The highest BCUT2D eigenvalue weighted by Crippen LogP contribution is 2.21. The Bertz CT molecular complexity index is 612. The lowest BCUT2D eigenvalue weighted by atomic mass is 9.92. The minimum atomic E-state index is -0.0951. The van der Waals surface area contributed by atoms with Crippen molar-refractivity contribution in [2.24, 2.45) is 5.41 Å². The molecule has 0 bridgehead atoms. The molecule has 0 saturated heterocycles. The van der Waals surface area contributed by atoms with E-state index in [2.05, 4.69) is 43.2 Å². The second kappa shape index (κ2) is 6.24. The van der Waals surface area contributed by atoms with Gasteiger partial charge in [0.05, 0.1) is 6.04 Å². The van der Waals surface area contributed by atoms with Crippen molar-refractivity contribution < 1.29 is 4.79 Å². The van der Waals surface area contributed by atoms with Crippen molar-refractivity contribution in [2.75, 3.05) is 0 Å². The minimum Gasteiger partial charge on any atom is -0.346 e. The zero-order chi connectivity index (χ0) is 15.5. The topological polar surface area (TPSA) is 59.3 Å². The second-order valence-corrected chi connectivity index (χ2v) is 6.63. The Balaban J connectivity index is 2.21. The molecule has 1 amide bonds. The number of nitrogens with one attached hydrogen (secondary N) is 1. The van der Waals surface area contributed by atoms with Crippen molar-refractivity contribution in [3.8, 4) is 0 Å². The first-order valence-corrected chi connectivity index (χ1v) is 7.50. The molecule has 0 aliphatic heterocycles. The summed E-state index contributed by atoms with van der Waals surface area (Å²) < 4.78 is 1.94. The molecular weight excluding hydrogens is 264 g/mol. The van der Waals surface area contributed by atoms with Gasteiger partial charge in [-0.3, -0.25) is 9.20 Å². The molecule has 0 radical (unpaired) electrons. The van der Waals surface area contributed by atoms with Crippen molar-refractivity contribution in [3.05, 3.63) is 30.2 Å². The van der Waals surface area contributed by atoms with Crippen LogP contribution in [-0.2, 0) is 4.79 Å². The molecule has 2 aromatic rings. The normalized spacial score (nSPS) is 13.3. The summed E-state index contributed by atoms with van der Waals surface area (Å²) >= 11 is 0. The standard InChI is InChI=1S/C16H24N4O/c1-5-8-12(17-14(21)11-16(2,3)4)15-19-18-13-9-6-7-10-20(13)15/h6-7,9-10,12H,5,8,11H2,1-4H3,(H,17,21). The van der Waals surface area contributed by atoms with Gasteiger partial charge in [-0.2, -0.15) is 0 Å². The smallest absolute Gasteiger partial charge is 0.221 e. The van der Waals surface area contributed by atoms with Crippen LogP contribution in [0.15, 0.2) is 24.4 Å². The molecule has 2 heterocycles. The van der Waals surface area contributed by atoms with E-state index < -0.39 is 0 Å². The van der Waals surface area contributed by atoms with Crippen LogP contribution in [0.4, 0.5) is 0 Å². The zero-order valence-corrected chi connectivity index (χ0v) is 13.3. The lowest BCUT2D eigenvalue weighted by Gasteiger charge is -2.21. The summed E-state index contributed by atoms with van der Waals surface area (Å²) in [4.78, 5) is 12.2. The number of nitrogens with zero attached hydrogens (tertiary/aromatic N) is 3. The van der Waals surface area contributed by atoms with Gasteiger partial charge in [0.2, 0.25) is 5.91 Å². The van der Waals surface area contributed by atoms with Gasteiger partial charge in [-0.15, -0.1) is 10.2 Å². The van der Waals surface area contributed by atoms with Crippen LogP contribution in [0, 0.1) is 5.41 Å². The summed E-state index contributed by atoms with van der Waals surface area (Å²) in [6, 6.07) is 5.69. The van der Waals surface area contributed by atoms with E-state index in [1.54, 1.807) is 0 Å². The molecule has 114 valence electrons. The predicted molar refractivity (Wildman–Crippen MR) is 82.9 cm³/mol. The molecule has 2 rings (SSSR count). The largest absolute Gasteiger partial charge is 0.346 e. The van der Waals surface area contributed by atoms with Gasteiger partial charge in [0, 0.05) is 12.6 Å². The average Bonchev–Trinajstić information content (AvgIpc) is 2.79. The quantitative estimate of drug-likeness (QED) is 0.919. The first-order valence-electron chi connectivity index (χ1n) is 7.50. The van der Waals surface area contributed by atoms with Gasteiger partial charge in [0.15, 0.2) is 11.5 Å². The van der Waals surface area contributed by atoms with Crippen molar-refractivity contribution in [2.45, 2.75) is 53.0 Å². The Kier molecular flexibility index (Phi) is 4.60. The fraction of sp³-hybridized carbons (Fsp3) is 0.562. The van der Waals surface area contributed by atoms with Crippen molar-refractivity contribution in [3.63, 3.8) is 0 Å². The molecule has 5 heteroatoms. The Labute approximate surface area is 125 Å². The molecular formula is C16H24N4O. The van der Waals surface area contributed by atoms with Crippen molar-refractivity contribution in [1.29, 1.82) is 0 Å². The number of rotatable bonds is 5. The maximum Gasteiger partial charge on any atom is 0.221 e. The Morgan fingerprint density at radius 2 is 2.10 bits per heavy atom. The van der Waals surface area contributed by atoms with E-state index in [4.69, 9.17) is 0 Å². The summed E-state index contributed by atoms with van der Waals surface area (Å²) in [6.45, 7) is 8.29. The highest BCUT2D eigenvalue weighted by molar-refractivity contribution is 5.77. The molecule has 21 heavy (non-hydrogen) atoms. The van der Waals surface area contributed by atoms with E-state index in [1.807, 2.05) is 28.8 Å². The maximum atomic E-state index is 12.2. The van der Waals surface area contributed by atoms with Crippen LogP contribution in [0.3, 0.4) is 0 Å². The van der Waals surface area contributed by atoms with Crippen molar-refractivity contribution in [1.82, 2.24) is 19.9 Å². The third kappa shape index (κ3) is 4.03. The molecule has 0 fully saturated rings. The van der Waals surface area contributed by atoms with E-state index in [-0.39, 0.29) is 17.4 Å². The molecule has 0 aliphatic rings. The van der Waals surface area contributed by atoms with Crippen LogP contribution in [0.25, 0.3) is 5.65 Å². The molecule has 0 spiro atoms. The average molecular weight is 288 g/mol. The summed E-state index contributed by atoms with van der Waals surface area (Å²) in [5, 5.41) is 11.5. The third-order valence-corrected chi connectivity index (χ3v) is 3.26. The van der Waals surface area contributed by atoms with Gasteiger partial charge in [-0.25, -0.2) is 0 Å². The fourth-order valence-corrected chi connectivity index (χ4v) is 2.38. The van der Waals surface area contributed by atoms with Crippen LogP contribution in [0.5, 0.6) is 0 Å². The third-order valence-electron chi connectivity index (χ3n) is 3.26. The van der Waals surface area contributed by atoms with Gasteiger partial charge >= 0.3 is 0 Å². The van der Waals surface area contributed by atoms with Gasteiger partial charge in [0.25, 0.3) is 0 Å². The van der Waals surface area contributed by atoms with E-state index >= 15 is 0 Å². The van der Waals surface area contributed by atoms with Gasteiger partial charge in [-0.05, 0) is 24.0 Å². The minimum absolute atomic E-state index is 0.0201. The lowest BCUT2D eigenvalue weighted by Crippen LogP contribution is -2.32. The first-order chi connectivity index (χ1) is 9.90. The lowest BCUT2D eigenvalue weighted by molar-refractivity contribution is -0.123. The first kappa shape index (κ1) is 15.5. The molecule has 0 aliphatic carbocycles. The Morgan fingerprint density at radius 1 is 1.33 bits per heavy atom. The fourth-order valence-electron chi connectivity index (χ4n) is 2.38. The number of carbonyl (C=O) groups excluding carboxylic acids is 1. The van der Waals surface area contributed by atoms with E-state index in [0.29, 0.717) is 6.42 Å². The summed E-state index contributed by atoms with van der Waals surface area (Å²) in [5.41, 5.74) is 0.784. The molecule has 1 unspecified atom stereocenters. The Hall–Kier alpha value is -1.91. The van der Waals surface area contributed by atoms with Gasteiger partial charge in [-0.1, -0.05) is 40.2 Å². The second-order valence-electron chi connectivity index (χ2n) is 6.63. The molecule has 2 aromatic heterocycles. The van der Waals surface area contributed by atoms with Crippen LogP contribution >= 0.6 is 0 Å². The number of carbonyl (C=O) groups is 1. The molecule has 0 aromatic carbocycles. The summed E-state index contributed by atoms with van der Waals surface area (Å²) in [7, 11) is 0. The number of hydrogen-bond acceptors (Lipinski definition) is 3. The number of aromatic nitrogens is 3. The van der Waals surface area contributed by atoms with E-state index in [0.717, 1.165) is 24.3 Å². The van der Waals surface area contributed by atoms with Crippen LogP contribution < -0.4 is 5.32 Å². The highest BCUT2D eigenvalue weighted by Gasteiger charge is 2.22. The SMILES string of the molecule is CCCC(NC(=O)CC(C)(C)C)c1nnc2ccccn12. The van der Waals surface area contributed by atoms with Gasteiger partial charge in [0.1, 0.15) is 0 Å². The van der Waals surface area contributed by atoms with Crippen LogP contribution in [0.1, 0.15) is 58.8 Å². The monoisotopic (exact) mass is 288 g/mol. The zero-order valence-electron chi connectivity index (χ0n) is 13.3. The molecule has 0 saturated carbocycles. The van der Waals surface area contributed by atoms with Crippen LogP contribution in [0.2, 0.25) is 0 Å². The molecule has 1 atom stereocenters. The summed E-state index contributed by atoms with van der Waals surface area (Å²) in [5.74, 6) is 0.864. The van der Waals surface area contributed by atoms with Crippen molar-refractivity contribution >= 4 is 11.6 Å². The number of amides is 1. The molecule has 5 nitrogen and oxygen atoms in total. The predicted octanol–water partition coefficient (Wildman–Crippen LogP) is 3.12. The highest BCUT2D eigenvalue weighted by atomic mass is 16.1. The summed E-state index contributed by atoms with van der Waals surface area (Å²) in [6.07, 6.45) is 4.26.